The van der Waals surface area contributed by atoms with Crippen molar-refractivity contribution >= 4 is 0 Å². The van der Waals surface area contributed by atoms with Crippen LogP contribution in [0.5, 0.6) is 0 Å². The van der Waals surface area contributed by atoms with Crippen LogP contribution in [0.3, 0.4) is 0 Å². The molecule has 2 aromatic heterocycles. The summed E-state index contributed by atoms with van der Waals surface area (Å²) in [6, 6.07) is 11.5. The molecule has 3 nitrogen and oxygen atoms in total. The molecule has 0 unspecified atom stereocenters. The lowest BCUT2D eigenvalue weighted by atomic mass is 10.1. The number of hydrogen-bond donors (Lipinski definition) is 1. The lowest BCUT2D eigenvalue weighted by Crippen LogP contribution is -2.04. The molecule has 3 aromatic rings. The molecule has 1 aromatic carbocycles. The molecular weight excluding hydrogens is 298 g/mol. The van der Waals surface area contributed by atoms with Crippen LogP contribution in [0.4, 0.5) is 17.6 Å². The molecule has 0 bridgehead atoms. The smallest absolute Gasteiger partial charge is 0.273 e. The Kier molecular flexibility index (Phi) is 3.40. The minimum atomic E-state index is -4.49. The number of halogens is 4. The van der Waals surface area contributed by atoms with E-state index < -0.39 is 11.9 Å². The maximum atomic E-state index is 12.9. The molecule has 0 saturated heterocycles. The summed E-state index contributed by atoms with van der Waals surface area (Å²) in [5.74, 6) is -0.373. The number of alkyl halides is 3. The van der Waals surface area contributed by atoms with Crippen LogP contribution in [-0.2, 0) is 6.18 Å². The standard InChI is InChI=1S/C15H9F4N3/c16-10-6-4-9(5-7-10)11-2-1-3-12(20-11)13-8-14(22-21-13)15(17,18)19/h1-8H,(H,21,22). The number of nitrogens with one attached hydrogen (secondary N) is 1. The van der Waals surface area contributed by atoms with E-state index in [1.54, 1.807) is 30.3 Å². The fourth-order valence-corrected chi connectivity index (χ4v) is 1.96. The third-order valence-corrected chi connectivity index (χ3v) is 3.03. The molecule has 0 aliphatic heterocycles. The van der Waals surface area contributed by atoms with Gasteiger partial charge in [0.1, 0.15) is 17.2 Å². The zero-order valence-corrected chi connectivity index (χ0v) is 11.0. The van der Waals surface area contributed by atoms with Crippen LogP contribution < -0.4 is 0 Å². The van der Waals surface area contributed by atoms with Crippen molar-refractivity contribution in [1.29, 1.82) is 0 Å². The fourth-order valence-electron chi connectivity index (χ4n) is 1.96. The van der Waals surface area contributed by atoms with Crippen LogP contribution in [0.2, 0.25) is 0 Å². The first-order valence-electron chi connectivity index (χ1n) is 6.29. The first-order valence-corrected chi connectivity index (χ1v) is 6.29. The summed E-state index contributed by atoms with van der Waals surface area (Å²) in [5, 5.41) is 5.58. The topological polar surface area (TPSA) is 41.6 Å². The van der Waals surface area contributed by atoms with Crippen LogP contribution in [-0.4, -0.2) is 15.2 Å². The van der Waals surface area contributed by atoms with Crippen LogP contribution in [0.25, 0.3) is 22.6 Å². The molecular formula is C15H9F4N3. The summed E-state index contributed by atoms with van der Waals surface area (Å²) >= 11 is 0. The van der Waals surface area contributed by atoms with Gasteiger partial charge in [0.15, 0.2) is 0 Å². The van der Waals surface area contributed by atoms with Crippen LogP contribution in [0, 0.1) is 5.82 Å². The first-order chi connectivity index (χ1) is 10.4. The third-order valence-electron chi connectivity index (χ3n) is 3.03. The van der Waals surface area contributed by atoms with Gasteiger partial charge in [-0.3, -0.25) is 5.10 Å². The molecule has 112 valence electrons. The Morgan fingerprint density at radius 3 is 2.18 bits per heavy atom. The van der Waals surface area contributed by atoms with E-state index in [2.05, 4.69) is 10.1 Å². The average molecular weight is 307 g/mol. The fraction of sp³-hybridized carbons (Fsp3) is 0.0667. The predicted molar refractivity (Wildman–Crippen MR) is 72.2 cm³/mol. The van der Waals surface area contributed by atoms with E-state index in [-0.39, 0.29) is 11.5 Å². The van der Waals surface area contributed by atoms with Crippen molar-refractivity contribution in [3.63, 3.8) is 0 Å². The lowest BCUT2D eigenvalue weighted by molar-refractivity contribution is -0.141. The molecule has 0 aliphatic rings. The predicted octanol–water partition coefficient (Wildman–Crippen LogP) is 4.30. The Bertz CT molecular complexity index is 791. The summed E-state index contributed by atoms with van der Waals surface area (Å²) in [6.45, 7) is 0. The van der Waals surface area contributed by atoms with E-state index in [9.17, 15) is 17.6 Å². The Morgan fingerprint density at radius 2 is 1.55 bits per heavy atom. The van der Waals surface area contributed by atoms with E-state index in [0.29, 0.717) is 17.0 Å². The lowest BCUT2D eigenvalue weighted by Gasteiger charge is -2.03. The molecule has 0 aliphatic carbocycles. The molecule has 0 spiro atoms. The molecule has 2 heterocycles. The van der Waals surface area contributed by atoms with Crippen LogP contribution in [0.1, 0.15) is 5.69 Å². The summed E-state index contributed by atoms with van der Waals surface area (Å²) in [7, 11) is 0. The van der Waals surface area contributed by atoms with Crippen molar-refractivity contribution in [3.05, 3.63) is 60.0 Å². The first kappa shape index (κ1) is 14.2. The molecule has 22 heavy (non-hydrogen) atoms. The number of rotatable bonds is 2. The highest BCUT2D eigenvalue weighted by Crippen LogP contribution is 2.30. The van der Waals surface area contributed by atoms with Gasteiger partial charge in [0, 0.05) is 5.56 Å². The molecule has 3 rings (SSSR count). The Labute approximate surface area is 122 Å². The zero-order valence-electron chi connectivity index (χ0n) is 11.0. The SMILES string of the molecule is Fc1ccc(-c2cccc(-c3cc(C(F)(F)F)[nH]n3)n2)cc1. The second-order valence-electron chi connectivity index (χ2n) is 4.58. The van der Waals surface area contributed by atoms with Crippen LogP contribution >= 0.6 is 0 Å². The Hall–Kier alpha value is -2.70. The Balaban J connectivity index is 1.97. The molecule has 0 fully saturated rings. The van der Waals surface area contributed by atoms with Crippen molar-refractivity contribution in [2.45, 2.75) is 6.18 Å². The summed E-state index contributed by atoms with van der Waals surface area (Å²) in [6.07, 6.45) is -4.49. The quantitative estimate of drug-likeness (QED) is 0.717. The molecule has 0 radical (unpaired) electrons. The molecule has 1 N–H and O–H groups in total. The number of nitrogens with zero attached hydrogens (tertiary/aromatic N) is 2. The van der Waals surface area contributed by atoms with Gasteiger partial charge in [-0.25, -0.2) is 9.37 Å². The number of pyridine rings is 1. The molecule has 0 saturated carbocycles. The average Bonchev–Trinajstić information content (AvgIpc) is 2.98. The van der Waals surface area contributed by atoms with Gasteiger partial charge >= 0.3 is 6.18 Å². The monoisotopic (exact) mass is 307 g/mol. The second kappa shape index (κ2) is 5.25. The van der Waals surface area contributed by atoms with Gasteiger partial charge in [-0.15, -0.1) is 0 Å². The van der Waals surface area contributed by atoms with Gasteiger partial charge in [-0.1, -0.05) is 6.07 Å². The van der Waals surface area contributed by atoms with Gasteiger partial charge in [-0.2, -0.15) is 18.3 Å². The molecule has 0 atom stereocenters. The summed E-state index contributed by atoms with van der Waals surface area (Å²) < 4.78 is 50.6. The van der Waals surface area contributed by atoms with Crippen molar-refractivity contribution in [2.75, 3.05) is 0 Å². The molecule has 0 amide bonds. The van der Waals surface area contributed by atoms with Crippen molar-refractivity contribution < 1.29 is 17.6 Å². The number of aromatic amines is 1. The van der Waals surface area contributed by atoms with E-state index in [1.807, 2.05) is 5.10 Å². The minimum absolute atomic E-state index is 0.0938. The van der Waals surface area contributed by atoms with E-state index >= 15 is 0 Å². The highest BCUT2D eigenvalue weighted by Gasteiger charge is 2.33. The number of H-pyrrole nitrogens is 1. The van der Waals surface area contributed by atoms with E-state index in [0.717, 1.165) is 6.07 Å². The van der Waals surface area contributed by atoms with Crippen molar-refractivity contribution in [3.8, 4) is 22.6 Å². The highest BCUT2D eigenvalue weighted by atomic mass is 19.4. The summed E-state index contributed by atoms with van der Waals surface area (Å²) in [4.78, 5) is 4.27. The van der Waals surface area contributed by atoms with E-state index in [1.165, 1.54) is 12.1 Å². The number of aromatic nitrogens is 3. The van der Waals surface area contributed by atoms with Crippen LogP contribution in [0.15, 0.2) is 48.5 Å². The van der Waals surface area contributed by atoms with Crippen molar-refractivity contribution in [1.82, 2.24) is 15.2 Å². The zero-order chi connectivity index (χ0) is 15.7. The normalized spacial score (nSPS) is 11.6. The second-order valence-corrected chi connectivity index (χ2v) is 4.58. The van der Waals surface area contributed by atoms with Gasteiger partial charge in [0.2, 0.25) is 0 Å². The maximum Gasteiger partial charge on any atom is 0.432 e. The van der Waals surface area contributed by atoms with Gasteiger partial charge in [0.05, 0.1) is 11.4 Å². The largest absolute Gasteiger partial charge is 0.432 e. The maximum absolute atomic E-state index is 12.9. The van der Waals surface area contributed by atoms with Gasteiger partial charge in [-0.05, 0) is 42.5 Å². The third kappa shape index (κ3) is 2.83. The van der Waals surface area contributed by atoms with E-state index in [4.69, 9.17) is 0 Å². The highest BCUT2D eigenvalue weighted by molar-refractivity contribution is 5.64. The van der Waals surface area contributed by atoms with Gasteiger partial charge < -0.3 is 0 Å². The Morgan fingerprint density at radius 1 is 0.864 bits per heavy atom. The number of benzene rings is 1. The molecule has 7 heteroatoms. The number of hydrogen-bond acceptors (Lipinski definition) is 2. The summed E-state index contributed by atoms with van der Waals surface area (Å²) in [5.41, 5.74) is 0.644. The van der Waals surface area contributed by atoms with Crippen molar-refractivity contribution in [2.24, 2.45) is 0 Å². The van der Waals surface area contributed by atoms with Gasteiger partial charge in [0.25, 0.3) is 0 Å². The minimum Gasteiger partial charge on any atom is -0.273 e.